The maximum atomic E-state index is 12.4. The van der Waals surface area contributed by atoms with Crippen molar-refractivity contribution in [3.63, 3.8) is 0 Å². The number of halogens is 1. The Balaban J connectivity index is 2.11. The molecule has 1 saturated heterocycles. The first-order valence-corrected chi connectivity index (χ1v) is 9.06. The molecule has 0 spiro atoms. The second-order valence-corrected chi connectivity index (χ2v) is 7.39. The molecule has 0 aliphatic carbocycles. The Morgan fingerprint density at radius 3 is 2.90 bits per heavy atom. The summed E-state index contributed by atoms with van der Waals surface area (Å²) in [5, 5.41) is 0.221. The zero-order valence-corrected chi connectivity index (χ0v) is 13.8. The fraction of sp³-hybridized carbons (Fsp3) is 0.571. The van der Waals surface area contributed by atoms with Crippen LogP contribution in [0.15, 0.2) is 23.1 Å². The van der Waals surface area contributed by atoms with Crippen LogP contribution in [0.2, 0.25) is 5.02 Å². The molecule has 21 heavy (non-hydrogen) atoms. The van der Waals surface area contributed by atoms with Crippen LogP contribution in [0.3, 0.4) is 0 Å². The molecule has 1 aliphatic rings. The van der Waals surface area contributed by atoms with E-state index in [2.05, 4.69) is 16.5 Å². The second kappa shape index (κ2) is 7.07. The van der Waals surface area contributed by atoms with Crippen LogP contribution in [0, 0.1) is 0 Å². The van der Waals surface area contributed by atoms with E-state index in [9.17, 15) is 8.42 Å². The standard InChI is InChI=1S/C14H22ClN3O2S/c1-2-18-7-3-4-12(18)10-17-21(19,20)14-8-11(9-16)5-6-13(14)15/h5-6,8,12,17H,2-4,7,9-10,16H2,1H3. The molecular formula is C14H22ClN3O2S. The lowest BCUT2D eigenvalue weighted by Crippen LogP contribution is -2.40. The number of hydrogen-bond acceptors (Lipinski definition) is 4. The van der Waals surface area contributed by atoms with E-state index in [-0.39, 0.29) is 22.5 Å². The summed E-state index contributed by atoms with van der Waals surface area (Å²) in [7, 11) is -3.61. The van der Waals surface area contributed by atoms with E-state index in [0.29, 0.717) is 6.54 Å². The highest BCUT2D eigenvalue weighted by atomic mass is 35.5. The lowest BCUT2D eigenvalue weighted by atomic mass is 10.2. The molecule has 1 atom stereocenters. The van der Waals surface area contributed by atoms with Gasteiger partial charge in [-0.3, -0.25) is 4.90 Å². The van der Waals surface area contributed by atoms with Crippen LogP contribution in [-0.4, -0.2) is 39.0 Å². The van der Waals surface area contributed by atoms with Gasteiger partial charge in [0.1, 0.15) is 4.90 Å². The number of likely N-dealkylation sites (N-methyl/N-ethyl adjacent to an activating group) is 1. The van der Waals surface area contributed by atoms with E-state index in [0.717, 1.165) is 31.5 Å². The summed E-state index contributed by atoms with van der Waals surface area (Å²) in [5.74, 6) is 0. The summed E-state index contributed by atoms with van der Waals surface area (Å²) in [5.41, 5.74) is 6.30. The van der Waals surface area contributed by atoms with Crippen LogP contribution in [0.25, 0.3) is 0 Å². The van der Waals surface area contributed by atoms with Gasteiger partial charge in [0.05, 0.1) is 5.02 Å². The first kappa shape index (κ1) is 16.7. The molecule has 7 heteroatoms. The number of hydrogen-bond donors (Lipinski definition) is 2. The van der Waals surface area contributed by atoms with Crippen LogP contribution in [0.1, 0.15) is 25.3 Å². The molecule has 0 saturated carbocycles. The molecule has 0 radical (unpaired) electrons. The van der Waals surface area contributed by atoms with Gasteiger partial charge in [-0.2, -0.15) is 0 Å². The number of nitrogens with zero attached hydrogens (tertiary/aromatic N) is 1. The van der Waals surface area contributed by atoms with Gasteiger partial charge in [0.2, 0.25) is 10.0 Å². The van der Waals surface area contributed by atoms with E-state index in [1.54, 1.807) is 12.1 Å². The number of nitrogens with two attached hydrogens (primary N) is 1. The van der Waals surface area contributed by atoms with Gasteiger partial charge in [0, 0.05) is 19.1 Å². The molecule has 1 heterocycles. The monoisotopic (exact) mass is 331 g/mol. The smallest absolute Gasteiger partial charge is 0.242 e. The summed E-state index contributed by atoms with van der Waals surface area (Å²) in [4.78, 5) is 2.40. The molecule has 1 unspecified atom stereocenters. The van der Waals surface area contributed by atoms with E-state index in [4.69, 9.17) is 17.3 Å². The molecule has 0 bridgehead atoms. The van der Waals surface area contributed by atoms with Crippen LogP contribution in [-0.2, 0) is 16.6 Å². The maximum Gasteiger partial charge on any atom is 0.242 e. The summed E-state index contributed by atoms with van der Waals surface area (Å²) < 4.78 is 27.5. The molecule has 1 aromatic carbocycles. The minimum atomic E-state index is -3.61. The fourth-order valence-corrected chi connectivity index (χ4v) is 4.33. The molecule has 118 valence electrons. The van der Waals surface area contributed by atoms with Gasteiger partial charge in [0.15, 0.2) is 0 Å². The van der Waals surface area contributed by atoms with Crippen LogP contribution in [0.4, 0.5) is 0 Å². The second-order valence-electron chi connectivity index (χ2n) is 5.25. The molecule has 3 N–H and O–H groups in total. The summed E-state index contributed by atoms with van der Waals surface area (Å²) in [6, 6.07) is 5.11. The van der Waals surface area contributed by atoms with E-state index >= 15 is 0 Å². The minimum absolute atomic E-state index is 0.105. The third-order valence-corrected chi connectivity index (χ3v) is 5.84. The largest absolute Gasteiger partial charge is 0.326 e. The van der Waals surface area contributed by atoms with Gasteiger partial charge in [-0.15, -0.1) is 0 Å². The fourth-order valence-electron chi connectivity index (χ4n) is 2.71. The quantitative estimate of drug-likeness (QED) is 0.829. The Labute approximate surface area is 131 Å². The summed E-state index contributed by atoms with van der Waals surface area (Å²) in [6.45, 7) is 4.77. The molecule has 0 aromatic heterocycles. The third kappa shape index (κ3) is 3.96. The Morgan fingerprint density at radius 2 is 2.24 bits per heavy atom. The van der Waals surface area contributed by atoms with Crippen LogP contribution in [0.5, 0.6) is 0 Å². The highest BCUT2D eigenvalue weighted by Crippen LogP contribution is 2.23. The lowest BCUT2D eigenvalue weighted by molar-refractivity contribution is 0.268. The summed E-state index contributed by atoms with van der Waals surface area (Å²) >= 11 is 6.02. The average molecular weight is 332 g/mol. The molecule has 2 rings (SSSR count). The molecule has 1 fully saturated rings. The Morgan fingerprint density at radius 1 is 1.48 bits per heavy atom. The Bertz CT molecular complexity index is 592. The van der Waals surface area contributed by atoms with Crippen molar-refractivity contribution in [3.8, 4) is 0 Å². The molecular weight excluding hydrogens is 310 g/mol. The number of sulfonamides is 1. The lowest BCUT2D eigenvalue weighted by Gasteiger charge is -2.23. The summed E-state index contributed by atoms with van der Waals surface area (Å²) in [6.07, 6.45) is 2.14. The predicted octanol–water partition coefficient (Wildman–Crippen LogP) is 1.56. The van der Waals surface area contributed by atoms with Gasteiger partial charge in [-0.05, 0) is 43.6 Å². The van der Waals surface area contributed by atoms with Crippen molar-refractivity contribution in [3.05, 3.63) is 28.8 Å². The highest BCUT2D eigenvalue weighted by Gasteiger charge is 2.26. The Hall–Kier alpha value is -0.660. The van der Waals surface area contributed by atoms with Gasteiger partial charge in [-0.1, -0.05) is 24.6 Å². The van der Waals surface area contributed by atoms with Crippen molar-refractivity contribution < 1.29 is 8.42 Å². The predicted molar refractivity (Wildman–Crippen MR) is 84.8 cm³/mol. The van der Waals surface area contributed by atoms with Crippen LogP contribution < -0.4 is 10.5 Å². The Kier molecular flexibility index (Phi) is 5.62. The van der Waals surface area contributed by atoms with Crippen molar-refractivity contribution in [1.29, 1.82) is 0 Å². The number of likely N-dealkylation sites (tertiary alicyclic amines) is 1. The zero-order chi connectivity index (χ0) is 15.5. The van der Waals surface area contributed by atoms with Crippen molar-refractivity contribution in [1.82, 2.24) is 9.62 Å². The number of benzene rings is 1. The van der Waals surface area contributed by atoms with Gasteiger partial charge in [0.25, 0.3) is 0 Å². The average Bonchev–Trinajstić information content (AvgIpc) is 2.93. The van der Waals surface area contributed by atoms with Gasteiger partial charge >= 0.3 is 0 Å². The normalized spacial score (nSPS) is 20.0. The molecule has 0 amide bonds. The topological polar surface area (TPSA) is 75.4 Å². The van der Waals surface area contributed by atoms with Gasteiger partial charge in [-0.25, -0.2) is 13.1 Å². The van der Waals surface area contributed by atoms with E-state index in [1.807, 2.05) is 0 Å². The molecule has 1 aromatic rings. The number of nitrogens with one attached hydrogen (secondary N) is 1. The van der Waals surface area contributed by atoms with Crippen LogP contribution >= 0.6 is 11.6 Å². The maximum absolute atomic E-state index is 12.4. The first-order chi connectivity index (χ1) is 9.97. The van der Waals surface area contributed by atoms with Crippen molar-refractivity contribution in [2.24, 2.45) is 5.73 Å². The minimum Gasteiger partial charge on any atom is -0.326 e. The van der Waals surface area contributed by atoms with Crippen molar-refractivity contribution in [2.75, 3.05) is 19.6 Å². The first-order valence-electron chi connectivity index (χ1n) is 7.20. The molecule has 1 aliphatic heterocycles. The van der Waals surface area contributed by atoms with Crippen molar-refractivity contribution >= 4 is 21.6 Å². The van der Waals surface area contributed by atoms with Crippen molar-refractivity contribution in [2.45, 2.75) is 37.2 Å². The zero-order valence-electron chi connectivity index (χ0n) is 12.2. The SMILES string of the molecule is CCN1CCCC1CNS(=O)(=O)c1cc(CN)ccc1Cl. The van der Waals surface area contributed by atoms with E-state index in [1.165, 1.54) is 6.07 Å². The molecule has 5 nitrogen and oxygen atoms in total. The van der Waals surface area contributed by atoms with Gasteiger partial charge < -0.3 is 5.73 Å². The third-order valence-electron chi connectivity index (χ3n) is 3.94. The van der Waals surface area contributed by atoms with E-state index < -0.39 is 10.0 Å². The highest BCUT2D eigenvalue weighted by molar-refractivity contribution is 7.89. The number of rotatable bonds is 6.